The first-order chi connectivity index (χ1) is 12.4. The Morgan fingerprint density at radius 2 is 1.89 bits per heavy atom. The van der Waals surface area contributed by atoms with E-state index < -0.39 is 17.4 Å². The third-order valence-corrected chi connectivity index (χ3v) is 6.60. The summed E-state index contributed by atoms with van der Waals surface area (Å²) in [7, 11) is 1.52. The van der Waals surface area contributed by atoms with E-state index in [1.54, 1.807) is 13.0 Å². The summed E-state index contributed by atoms with van der Waals surface area (Å²) < 4.78 is 27.5. The van der Waals surface area contributed by atoms with Crippen molar-refractivity contribution in [1.29, 1.82) is 0 Å². The Hall–Kier alpha value is -1.70. The van der Waals surface area contributed by atoms with Crippen molar-refractivity contribution in [2.24, 2.45) is 10.7 Å². The van der Waals surface area contributed by atoms with Crippen LogP contribution in [0.4, 0.5) is 8.78 Å². The lowest BCUT2D eigenvalue weighted by Crippen LogP contribution is -2.52. The summed E-state index contributed by atoms with van der Waals surface area (Å²) in [5.74, 6) is -4.01. The number of alkyl halides is 2. The highest BCUT2D eigenvalue weighted by atomic mass is 35.5. The average molecular weight is 432 g/mol. The number of aliphatic imine (C=N–C) groups is 1. The second-order valence-electron chi connectivity index (χ2n) is 6.69. The van der Waals surface area contributed by atoms with Crippen LogP contribution in [-0.4, -0.2) is 23.8 Å². The predicted octanol–water partition coefficient (Wildman–Crippen LogP) is 4.95. The minimum Gasteiger partial charge on any atom is -0.369 e. The van der Waals surface area contributed by atoms with Crippen molar-refractivity contribution in [2.75, 3.05) is 7.05 Å². The number of hydrogen-bond donors (Lipinski definition) is 1. The molecule has 144 valence electrons. The molecule has 1 aliphatic rings. The van der Waals surface area contributed by atoms with Crippen molar-refractivity contribution >= 4 is 46.4 Å². The Kier molecular flexibility index (Phi) is 4.99. The summed E-state index contributed by atoms with van der Waals surface area (Å²) in [6.45, 7) is 2.57. The molecule has 0 spiro atoms. The number of carbonyl (C=O) groups excluding carboxylic acids is 1. The van der Waals surface area contributed by atoms with Crippen molar-refractivity contribution in [1.82, 2.24) is 4.90 Å². The number of guanidine groups is 1. The van der Waals surface area contributed by atoms with Crippen LogP contribution in [0.15, 0.2) is 35.3 Å². The van der Waals surface area contributed by atoms with Crippen molar-refractivity contribution in [3.63, 3.8) is 0 Å². The van der Waals surface area contributed by atoms with E-state index in [1.807, 2.05) is 0 Å². The van der Waals surface area contributed by atoms with Crippen LogP contribution in [0.3, 0.4) is 0 Å². The van der Waals surface area contributed by atoms with E-state index in [4.69, 9.17) is 28.9 Å². The predicted molar refractivity (Wildman–Crippen MR) is 105 cm³/mol. The zero-order chi connectivity index (χ0) is 20.1. The van der Waals surface area contributed by atoms with Gasteiger partial charge in [0, 0.05) is 19.5 Å². The topological polar surface area (TPSA) is 58.7 Å². The molecule has 2 N–H and O–H groups in total. The van der Waals surface area contributed by atoms with E-state index in [9.17, 15) is 13.6 Å². The van der Waals surface area contributed by atoms with Gasteiger partial charge in [0.2, 0.25) is 5.91 Å². The van der Waals surface area contributed by atoms with Gasteiger partial charge in [0.05, 0.1) is 20.2 Å². The largest absolute Gasteiger partial charge is 0.369 e. The number of halogens is 4. The molecule has 27 heavy (non-hydrogen) atoms. The minimum atomic E-state index is -2.97. The smallest absolute Gasteiger partial charge is 0.270 e. The molecule has 0 radical (unpaired) electrons. The average Bonchev–Trinajstić information content (AvgIpc) is 2.92. The van der Waals surface area contributed by atoms with Crippen molar-refractivity contribution in [2.45, 2.75) is 31.2 Å². The number of nitrogens with zero attached hydrogens (tertiary/aromatic N) is 2. The van der Waals surface area contributed by atoms with E-state index in [-0.39, 0.29) is 17.4 Å². The van der Waals surface area contributed by atoms with E-state index in [1.165, 1.54) is 47.5 Å². The Morgan fingerprint density at radius 3 is 2.37 bits per heavy atom. The quantitative estimate of drug-likeness (QED) is 0.746. The van der Waals surface area contributed by atoms with Gasteiger partial charge in [-0.3, -0.25) is 9.69 Å². The fourth-order valence-corrected chi connectivity index (χ4v) is 5.00. The Morgan fingerprint density at radius 1 is 1.30 bits per heavy atom. The van der Waals surface area contributed by atoms with Crippen LogP contribution < -0.4 is 5.73 Å². The molecule has 0 saturated heterocycles. The Labute approximate surface area is 169 Å². The third-order valence-electron chi connectivity index (χ3n) is 4.70. The van der Waals surface area contributed by atoms with Crippen LogP contribution in [0.5, 0.6) is 0 Å². The van der Waals surface area contributed by atoms with Crippen LogP contribution >= 0.6 is 34.5 Å². The van der Waals surface area contributed by atoms with Gasteiger partial charge >= 0.3 is 0 Å². The first kappa shape index (κ1) is 20.0. The van der Waals surface area contributed by atoms with Crippen molar-refractivity contribution in [3.05, 3.63) is 55.7 Å². The zero-order valence-electron chi connectivity index (χ0n) is 14.8. The number of carbonyl (C=O) groups is 1. The SMILES string of the molecule is CN1C(=O)C(c2ccc(C(C)(F)F)cc2)[C@@](C)(c2sc(Cl)cc2Cl)N=C1N. The molecule has 1 aromatic carbocycles. The molecule has 1 unspecified atom stereocenters. The van der Waals surface area contributed by atoms with E-state index in [2.05, 4.69) is 4.99 Å². The highest BCUT2D eigenvalue weighted by Crippen LogP contribution is 2.50. The minimum absolute atomic E-state index is 0.0519. The van der Waals surface area contributed by atoms with Crippen molar-refractivity contribution in [3.8, 4) is 0 Å². The summed E-state index contributed by atoms with van der Waals surface area (Å²) in [6.07, 6.45) is 0. The van der Waals surface area contributed by atoms with E-state index in [0.29, 0.717) is 19.8 Å². The molecule has 0 fully saturated rings. The van der Waals surface area contributed by atoms with Gasteiger partial charge in [0.1, 0.15) is 5.54 Å². The maximum atomic E-state index is 13.5. The van der Waals surface area contributed by atoms with Gasteiger partial charge < -0.3 is 5.73 Å². The molecule has 0 bridgehead atoms. The van der Waals surface area contributed by atoms with Crippen molar-refractivity contribution < 1.29 is 13.6 Å². The molecule has 0 saturated carbocycles. The summed E-state index contributed by atoms with van der Waals surface area (Å²) in [5, 5.41) is 0.378. The summed E-state index contributed by atoms with van der Waals surface area (Å²) in [6, 6.07) is 7.24. The molecule has 2 heterocycles. The van der Waals surface area contributed by atoms with Gasteiger partial charge in [-0.15, -0.1) is 11.3 Å². The molecular weight excluding hydrogens is 415 g/mol. The molecule has 2 atom stereocenters. The van der Waals surface area contributed by atoms with Gasteiger partial charge in [0.15, 0.2) is 5.96 Å². The van der Waals surface area contributed by atoms with Gasteiger partial charge in [-0.1, -0.05) is 47.5 Å². The summed E-state index contributed by atoms with van der Waals surface area (Å²) in [5.41, 5.74) is 5.24. The van der Waals surface area contributed by atoms with Crippen LogP contribution in [0.25, 0.3) is 0 Å². The molecular formula is C18H17Cl2F2N3OS. The third kappa shape index (κ3) is 3.44. The van der Waals surface area contributed by atoms with E-state index in [0.717, 1.165) is 6.92 Å². The lowest BCUT2D eigenvalue weighted by Gasteiger charge is -2.40. The zero-order valence-corrected chi connectivity index (χ0v) is 17.1. The number of hydrogen-bond acceptors (Lipinski definition) is 4. The Bertz CT molecular complexity index is 924. The number of nitrogens with two attached hydrogens (primary N) is 1. The second-order valence-corrected chi connectivity index (χ2v) is 8.78. The molecule has 2 aromatic rings. The fourth-order valence-electron chi connectivity index (χ4n) is 3.23. The fraction of sp³-hybridized carbons (Fsp3) is 0.333. The van der Waals surface area contributed by atoms with Gasteiger partial charge in [-0.25, -0.2) is 13.8 Å². The monoisotopic (exact) mass is 431 g/mol. The number of amides is 1. The molecule has 1 aliphatic heterocycles. The normalized spacial score (nSPS) is 23.5. The van der Waals surface area contributed by atoms with Crippen LogP contribution in [0.1, 0.15) is 35.8 Å². The van der Waals surface area contributed by atoms with Crippen LogP contribution in [-0.2, 0) is 16.3 Å². The van der Waals surface area contributed by atoms with Crippen LogP contribution in [0.2, 0.25) is 9.36 Å². The molecule has 1 amide bonds. The maximum absolute atomic E-state index is 13.5. The summed E-state index contributed by atoms with van der Waals surface area (Å²) >= 11 is 13.6. The number of rotatable bonds is 3. The number of benzene rings is 1. The molecule has 9 heteroatoms. The maximum Gasteiger partial charge on any atom is 0.270 e. The summed E-state index contributed by atoms with van der Waals surface area (Å²) in [4.78, 5) is 19.4. The number of thiophene rings is 1. The van der Waals surface area contributed by atoms with Crippen LogP contribution in [0, 0.1) is 0 Å². The first-order valence-electron chi connectivity index (χ1n) is 8.01. The highest BCUT2D eigenvalue weighted by molar-refractivity contribution is 7.17. The van der Waals surface area contributed by atoms with Gasteiger partial charge in [0.25, 0.3) is 5.92 Å². The molecule has 4 nitrogen and oxygen atoms in total. The molecule has 1 aromatic heterocycles. The van der Waals surface area contributed by atoms with E-state index >= 15 is 0 Å². The standard InChI is InChI=1S/C18H17Cl2F2N3OS/c1-17(14-11(19)8-12(20)27-14)13(15(26)25(3)16(23)24-17)9-4-6-10(7-5-9)18(2,21)22/h4-8,13H,1-3H3,(H2,23,24)/t13?,17-/m0/s1. The second kappa shape index (κ2) is 6.72. The first-order valence-corrected chi connectivity index (χ1v) is 9.59. The lowest BCUT2D eigenvalue weighted by atomic mass is 9.77. The molecule has 3 rings (SSSR count). The Balaban J connectivity index is 2.18. The number of likely N-dealkylation sites (N-methyl/N-ethyl adjacent to an activating group) is 1. The highest BCUT2D eigenvalue weighted by Gasteiger charge is 2.49. The molecule has 0 aliphatic carbocycles. The lowest BCUT2D eigenvalue weighted by molar-refractivity contribution is -0.130. The van der Waals surface area contributed by atoms with Gasteiger partial charge in [-0.05, 0) is 18.6 Å². The van der Waals surface area contributed by atoms with Gasteiger partial charge in [-0.2, -0.15) is 0 Å².